The van der Waals surface area contributed by atoms with Gasteiger partial charge in [-0.1, -0.05) is 13.3 Å². The smallest absolute Gasteiger partial charge is 0.307 e. The molecule has 1 unspecified atom stereocenters. The molecule has 1 aromatic rings. The monoisotopic (exact) mass is 279 g/mol. The molecule has 1 aliphatic rings. The number of carbonyl (C=O) groups is 1. The van der Waals surface area contributed by atoms with Crippen LogP contribution in [-0.4, -0.2) is 40.3 Å². The summed E-state index contributed by atoms with van der Waals surface area (Å²) >= 11 is 0. The average Bonchev–Trinajstić information content (AvgIpc) is 2.81. The zero-order chi connectivity index (χ0) is 14.5. The summed E-state index contributed by atoms with van der Waals surface area (Å²) in [7, 11) is 3.46. The third-order valence-corrected chi connectivity index (χ3v) is 4.13. The maximum atomic E-state index is 11.5. The number of ether oxygens (including phenoxy) is 1. The molecule has 2 heterocycles. The minimum atomic E-state index is -0.110. The predicted octanol–water partition coefficient (Wildman–Crippen LogP) is 1.90. The molecule has 0 aromatic carbocycles. The molecule has 0 aliphatic carbocycles. The van der Waals surface area contributed by atoms with Gasteiger partial charge in [0.2, 0.25) is 0 Å². The Bertz CT molecular complexity index is 456. The van der Waals surface area contributed by atoms with Crippen LogP contribution in [0.25, 0.3) is 0 Å². The Morgan fingerprint density at radius 2 is 2.30 bits per heavy atom. The van der Waals surface area contributed by atoms with Crippen molar-refractivity contribution in [3.05, 3.63) is 17.5 Å². The van der Waals surface area contributed by atoms with Crippen molar-refractivity contribution in [2.75, 3.05) is 13.7 Å². The fourth-order valence-corrected chi connectivity index (χ4v) is 2.88. The molecule has 0 amide bonds. The van der Waals surface area contributed by atoms with Gasteiger partial charge in [-0.2, -0.15) is 5.10 Å². The van der Waals surface area contributed by atoms with Crippen molar-refractivity contribution in [3.8, 4) is 0 Å². The summed E-state index contributed by atoms with van der Waals surface area (Å²) in [6.07, 6.45) is 4.93. The van der Waals surface area contributed by atoms with Crippen LogP contribution in [0.5, 0.6) is 0 Å². The van der Waals surface area contributed by atoms with Gasteiger partial charge >= 0.3 is 5.97 Å². The fraction of sp³-hybridized carbons (Fsp3) is 0.733. The van der Waals surface area contributed by atoms with Crippen molar-refractivity contribution in [1.82, 2.24) is 14.7 Å². The Morgan fingerprint density at radius 3 is 2.95 bits per heavy atom. The molecule has 1 saturated heterocycles. The van der Waals surface area contributed by atoms with Gasteiger partial charge in [-0.05, 0) is 31.9 Å². The highest BCUT2D eigenvalue weighted by molar-refractivity contribution is 5.69. The average molecular weight is 279 g/mol. The normalized spacial score (nSPS) is 20.1. The zero-order valence-corrected chi connectivity index (χ0v) is 12.8. The number of nitrogens with zero attached hydrogens (tertiary/aromatic N) is 3. The number of methoxy groups -OCH3 is 1. The molecule has 1 atom stereocenters. The van der Waals surface area contributed by atoms with Crippen LogP contribution in [0.15, 0.2) is 6.07 Å². The molecule has 1 aliphatic heterocycles. The van der Waals surface area contributed by atoms with Crippen LogP contribution in [0, 0.1) is 0 Å². The van der Waals surface area contributed by atoms with E-state index >= 15 is 0 Å². The topological polar surface area (TPSA) is 47.4 Å². The molecule has 5 nitrogen and oxygen atoms in total. The van der Waals surface area contributed by atoms with Crippen LogP contribution in [0.3, 0.4) is 0 Å². The Morgan fingerprint density at radius 1 is 1.50 bits per heavy atom. The van der Waals surface area contributed by atoms with Crippen LogP contribution in [0.4, 0.5) is 0 Å². The zero-order valence-electron chi connectivity index (χ0n) is 12.8. The van der Waals surface area contributed by atoms with Gasteiger partial charge in [0.1, 0.15) is 0 Å². The van der Waals surface area contributed by atoms with Crippen LogP contribution in [0.2, 0.25) is 0 Å². The second-order valence-electron chi connectivity index (χ2n) is 5.50. The van der Waals surface area contributed by atoms with E-state index in [9.17, 15) is 4.79 Å². The van der Waals surface area contributed by atoms with Gasteiger partial charge < -0.3 is 4.74 Å². The highest BCUT2D eigenvalue weighted by atomic mass is 16.5. The van der Waals surface area contributed by atoms with Gasteiger partial charge in [0.15, 0.2) is 0 Å². The maximum absolute atomic E-state index is 11.5. The molecule has 0 spiro atoms. The van der Waals surface area contributed by atoms with E-state index in [0.717, 1.165) is 31.6 Å². The Hall–Kier alpha value is -1.36. The summed E-state index contributed by atoms with van der Waals surface area (Å²) in [4.78, 5) is 13.9. The minimum absolute atomic E-state index is 0.110. The number of piperidine rings is 1. The number of hydrogen-bond donors (Lipinski definition) is 0. The van der Waals surface area contributed by atoms with Crippen LogP contribution < -0.4 is 0 Å². The van der Waals surface area contributed by atoms with Crippen LogP contribution in [0.1, 0.15) is 44.0 Å². The van der Waals surface area contributed by atoms with Gasteiger partial charge in [0, 0.05) is 19.6 Å². The Labute approximate surface area is 120 Å². The maximum Gasteiger partial charge on any atom is 0.307 e. The van der Waals surface area contributed by atoms with E-state index in [2.05, 4.69) is 23.0 Å². The summed E-state index contributed by atoms with van der Waals surface area (Å²) in [5, 5.41) is 4.50. The minimum Gasteiger partial charge on any atom is -0.469 e. The van der Waals surface area contributed by atoms with E-state index in [4.69, 9.17) is 4.74 Å². The lowest BCUT2D eigenvalue weighted by molar-refractivity contribution is -0.142. The van der Waals surface area contributed by atoms with Crippen LogP contribution in [-0.2, 0) is 29.5 Å². The highest BCUT2D eigenvalue weighted by Crippen LogP contribution is 2.22. The first-order valence-electron chi connectivity index (χ1n) is 7.46. The second-order valence-corrected chi connectivity index (χ2v) is 5.50. The van der Waals surface area contributed by atoms with Crippen molar-refractivity contribution in [2.24, 2.45) is 7.05 Å². The number of esters is 1. The number of hydrogen-bond acceptors (Lipinski definition) is 4. The van der Waals surface area contributed by atoms with E-state index in [1.807, 2.05) is 11.7 Å². The standard InChI is InChI=1S/C15H25N3O2/c1-4-12-9-14(17(2)16-12)11-18-8-6-5-7-13(18)10-15(19)20-3/h9,13H,4-8,10-11H2,1-3H3. The molecule has 1 fully saturated rings. The van der Waals surface area contributed by atoms with Gasteiger partial charge in [-0.15, -0.1) is 0 Å². The highest BCUT2D eigenvalue weighted by Gasteiger charge is 2.25. The molecule has 0 radical (unpaired) electrons. The molecular weight excluding hydrogens is 254 g/mol. The van der Waals surface area contributed by atoms with Crippen LogP contribution >= 0.6 is 0 Å². The van der Waals surface area contributed by atoms with Crippen molar-refractivity contribution in [1.29, 1.82) is 0 Å². The molecule has 5 heteroatoms. The van der Waals surface area contributed by atoms with Crippen molar-refractivity contribution < 1.29 is 9.53 Å². The van der Waals surface area contributed by atoms with Crippen molar-refractivity contribution in [2.45, 2.75) is 51.6 Å². The molecule has 0 bridgehead atoms. The van der Waals surface area contributed by atoms with E-state index in [0.29, 0.717) is 12.5 Å². The summed E-state index contributed by atoms with van der Waals surface area (Å²) < 4.78 is 6.77. The first kappa shape index (κ1) is 15.0. The van der Waals surface area contributed by atoms with E-state index < -0.39 is 0 Å². The lowest BCUT2D eigenvalue weighted by Crippen LogP contribution is -2.40. The van der Waals surface area contributed by atoms with Crippen molar-refractivity contribution >= 4 is 5.97 Å². The first-order valence-corrected chi connectivity index (χ1v) is 7.46. The molecule has 20 heavy (non-hydrogen) atoms. The number of rotatable bonds is 5. The lowest BCUT2D eigenvalue weighted by Gasteiger charge is -2.35. The molecule has 2 rings (SSSR count). The molecule has 0 N–H and O–H groups in total. The molecule has 1 aromatic heterocycles. The molecular formula is C15H25N3O2. The fourth-order valence-electron chi connectivity index (χ4n) is 2.88. The number of aryl methyl sites for hydroxylation is 2. The van der Waals surface area contributed by atoms with Gasteiger partial charge in [0.05, 0.1) is 24.9 Å². The third kappa shape index (κ3) is 3.60. The largest absolute Gasteiger partial charge is 0.469 e. The summed E-state index contributed by atoms with van der Waals surface area (Å²) in [6, 6.07) is 2.47. The number of likely N-dealkylation sites (tertiary alicyclic amines) is 1. The quantitative estimate of drug-likeness (QED) is 0.772. The molecule has 0 saturated carbocycles. The first-order chi connectivity index (χ1) is 9.63. The van der Waals surface area contributed by atoms with Gasteiger partial charge in [-0.3, -0.25) is 14.4 Å². The van der Waals surface area contributed by atoms with Gasteiger partial charge in [0.25, 0.3) is 0 Å². The lowest BCUT2D eigenvalue weighted by atomic mass is 9.99. The van der Waals surface area contributed by atoms with Gasteiger partial charge in [-0.25, -0.2) is 0 Å². The summed E-state index contributed by atoms with van der Waals surface area (Å²) in [5.41, 5.74) is 2.35. The van der Waals surface area contributed by atoms with E-state index in [1.54, 1.807) is 0 Å². The Balaban J connectivity index is 2.04. The number of aromatic nitrogens is 2. The number of carbonyl (C=O) groups excluding carboxylic acids is 1. The Kier molecular flexibility index (Phi) is 5.17. The van der Waals surface area contributed by atoms with E-state index in [-0.39, 0.29) is 5.97 Å². The molecule has 112 valence electrons. The predicted molar refractivity (Wildman–Crippen MR) is 77.3 cm³/mol. The summed E-state index contributed by atoms with van der Waals surface area (Å²) in [6.45, 7) is 4.03. The van der Waals surface area contributed by atoms with Crippen molar-refractivity contribution in [3.63, 3.8) is 0 Å². The summed E-state index contributed by atoms with van der Waals surface area (Å²) in [5.74, 6) is -0.110. The van der Waals surface area contributed by atoms with E-state index in [1.165, 1.54) is 25.6 Å². The second kappa shape index (κ2) is 6.88. The third-order valence-electron chi connectivity index (χ3n) is 4.13. The SMILES string of the molecule is CCc1cc(CN2CCCCC2CC(=O)OC)n(C)n1.